The Kier molecular flexibility index (Phi) is 18.4. The van der Waals surface area contributed by atoms with Crippen molar-refractivity contribution >= 4 is 24.2 Å². The molecule has 2 saturated heterocycles. The van der Waals surface area contributed by atoms with E-state index in [1.807, 2.05) is 52.8 Å². The summed E-state index contributed by atoms with van der Waals surface area (Å²) in [6.45, 7) is 12.8. The molecule has 4 unspecified atom stereocenters. The Morgan fingerprint density at radius 2 is 1.04 bits per heavy atom. The van der Waals surface area contributed by atoms with Crippen LogP contribution in [0.5, 0.6) is 0 Å². The van der Waals surface area contributed by atoms with E-state index in [1.54, 1.807) is 28.4 Å². The fraction of sp³-hybridized carbons (Fsp3) is 0.612. The number of hydrogen-bond acceptors (Lipinski definition) is 8. The Balaban J connectivity index is 0.000000175. The first-order valence-electron chi connectivity index (χ1n) is 31.1. The Bertz CT molecular complexity index is 2750. The molecule has 0 spiro atoms. The van der Waals surface area contributed by atoms with Gasteiger partial charge in [-0.2, -0.15) is 13.2 Å². The number of pyridine rings is 2. The van der Waals surface area contributed by atoms with Crippen molar-refractivity contribution in [3.63, 3.8) is 0 Å². The number of nitrogens with one attached hydrogen (secondary N) is 3. The highest BCUT2D eigenvalue weighted by molar-refractivity contribution is 5.94. The molecule has 8 saturated carbocycles. The highest BCUT2D eigenvalue weighted by atomic mass is 19.4. The Labute approximate surface area is 481 Å². The van der Waals surface area contributed by atoms with Gasteiger partial charge in [-0.1, -0.05) is 74.5 Å². The van der Waals surface area contributed by atoms with Gasteiger partial charge in [-0.05, 0) is 243 Å². The second kappa shape index (κ2) is 25.5. The number of hydrogen-bond donors (Lipinski definition) is 3. The minimum Gasteiger partial charge on any atom is -0.444 e. The van der Waals surface area contributed by atoms with Gasteiger partial charge in [-0.3, -0.25) is 24.4 Å². The van der Waals surface area contributed by atoms with E-state index in [0.717, 1.165) is 86.7 Å². The number of benzene rings is 2. The van der Waals surface area contributed by atoms with E-state index in [0.29, 0.717) is 45.9 Å². The number of aromatic nitrogens is 2. The number of piperidine rings is 2. The van der Waals surface area contributed by atoms with Crippen molar-refractivity contribution in [1.29, 1.82) is 0 Å². The fourth-order valence-electron chi connectivity index (χ4n) is 17.0. The van der Waals surface area contributed by atoms with Crippen LogP contribution >= 0.6 is 0 Å². The molecule has 81 heavy (non-hydrogen) atoms. The molecule has 14 rings (SSSR count). The van der Waals surface area contributed by atoms with Gasteiger partial charge in [0.05, 0.1) is 11.1 Å². The van der Waals surface area contributed by atoms with Gasteiger partial charge in [0, 0.05) is 49.0 Å². The van der Waals surface area contributed by atoms with Crippen LogP contribution in [0.1, 0.15) is 195 Å². The van der Waals surface area contributed by atoms with Crippen LogP contribution < -0.4 is 16.0 Å². The number of alkyl halides is 3. The molecule has 11 nitrogen and oxygen atoms in total. The summed E-state index contributed by atoms with van der Waals surface area (Å²) < 4.78 is 42.9. The van der Waals surface area contributed by atoms with Gasteiger partial charge in [0.15, 0.2) is 0 Å². The van der Waals surface area contributed by atoms with Gasteiger partial charge < -0.3 is 25.6 Å². The SMILES string of the molecule is CC.CC(C)(C)OC(=O)N1CCC(NC(=O)c2ccc(CCC34CC5CC(C3)CC(c3ccccc3)(C5)C4)nc2)CC1.O=C(NC1CCNCC1)c1ccc(CCC23CC4CC(C2)CC(c2ccccc2)(C4)C3)nc1.[2H]C(=O)C(F)(F)F. The lowest BCUT2D eigenvalue weighted by atomic mass is 9.42. The van der Waals surface area contributed by atoms with Crippen molar-refractivity contribution < 1.29 is 38.5 Å². The second-order valence-corrected chi connectivity index (χ2v) is 26.6. The van der Waals surface area contributed by atoms with Crippen LogP contribution in [0.25, 0.3) is 0 Å². The molecule has 4 aromatic rings. The molecular weight excluding hydrogens is 1030 g/mol. The minimum atomic E-state index is -4.97. The number of rotatable bonds is 12. The molecule has 0 radical (unpaired) electrons. The van der Waals surface area contributed by atoms with Crippen LogP contribution in [0, 0.1) is 34.5 Å². The van der Waals surface area contributed by atoms with Crippen LogP contribution in [-0.4, -0.2) is 89.1 Å². The maximum Gasteiger partial charge on any atom is 0.446 e. The van der Waals surface area contributed by atoms with E-state index >= 15 is 0 Å². The maximum absolute atomic E-state index is 12.9. The molecule has 10 aliphatic rings. The molecule has 8 bridgehead atoms. The molecular formula is C67H89F3N6O5. The lowest BCUT2D eigenvalue weighted by Gasteiger charge is -2.63. The summed E-state index contributed by atoms with van der Waals surface area (Å²) in [5.41, 5.74) is 7.89. The van der Waals surface area contributed by atoms with Gasteiger partial charge in [-0.15, -0.1) is 0 Å². The number of aldehydes is 1. The molecule has 14 heteroatoms. The minimum absolute atomic E-state index is 0.0202. The standard InChI is InChI=1S/C34H45N3O3.C29H37N3O.C2HF3O.C2H6/c1-32(2,3)40-31(39)37-15-12-29(13-16-37)36-30(38)26-9-10-28(35-22-26)11-14-33-18-24-17-25(19-33)21-34(20-24,23-33)27-7-5-4-6-8-27;33-27(32-26-9-12-30-13-10-26)23-6-7-25(31-19-23)8-11-28-15-21-14-22(16-28)18-29(17-21,20-28)24-4-2-1-3-5-24;3-2(4,5)1-6;1-2/h4-10,22,24-25,29H,11-21,23H2,1-3H3,(H,36,38);1-7,19,21-22,26,30H,8-18,20H2,(H,32,33);1H;1-2H3/i;;1D;. The van der Waals surface area contributed by atoms with E-state index in [-0.39, 0.29) is 30.0 Å². The second-order valence-electron chi connectivity index (χ2n) is 26.6. The number of carbonyl (C=O) groups excluding carboxylic acids is 4. The number of carbonyl (C=O) groups is 4. The first-order valence-corrected chi connectivity index (χ1v) is 30.6. The van der Waals surface area contributed by atoms with Gasteiger partial charge in [0.1, 0.15) is 6.97 Å². The molecule has 8 aliphatic carbocycles. The third kappa shape index (κ3) is 15.1. The number of halogens is 3. The van der Waals surface area contributed by atoms with Crippen molar-refractivity contribution in [3.05, 3.63) is 131 Å². The molecule has 3 amide bonds. The predicted octanol–water partition coefficient (Wildman–Crippen LogP) is 13.5. The largest absolute Gasteiger partial charge is 0.446 e. The first-order chi connectivity index (χ1) is 39.2. The van der Waals surface area contributed by atoms with Crippen LogP contribution in [0.2, 0.25) is 0 Å². The van der Waals surface area contributed by atoms with Crippen molar-refractivity contribution in [2.75, 3.05) is 26.2 Å². The number of amides is 3. The summed E-state index contributed by atoms with van der Waals surface area (Å²) in [7, 11) is 0. The lowest BCUT2D eigenvalue weighted by molar-refractivity contribution is -0.156. The maximum atomic E-state index is 12.9. The normalized spacial score (nSPS) is 29.3. The average molecular weight is 1120 g/mol. The zero-order valence-electron chi connectivity index (χ0n) is 49.7. The Morgan fingerprint density at radius 3 is 1.40 bits per heavy atom. The van der Waals surface area contributed by atoms with E-state index in [4.69, 9.17) is 20.9 Å². The predicted molar refractivity (Wildman–Crippen MR) is 311 cm³/mol. The molecule has 2 aromatic carbocycles. The number of nitrogens with zero attached hydrogens (tertiary/aromatic N) is 3. The van der Waals surface area contributed by atoms with Gasteiger partial charge in [0.25, 0.3) is 11.8 Å². The van der Waals surface area contributed by atoms with Gasteiger partial charge in [-0.25, -0.2) is 4.79 Å². The molecule has 438 valence electrons. The Morgan fingerprint density at radius 1 is 0.642 bits per heavy atom. The molecule has 4 heterocycles. The van der Waals surface area contributed by atoms with Crippen molar-refractivity contribution in [2.24, 2.45) is 34.5 Å². The van der Waals surface area contributed by atoms with E-state index in [2.05, 4.69) is 82.7 Å². The Hall–Kier alpha value is -5.63. The molecule has 3 N–H and O–H groups in total. The summed E-state index contributed by atoms with van der Waals surface area (Å²) in [5, 5.41) is 9.67. The van der Waals surface area contributed by atoms with Crippen molar-refractivity contribution in [1.82, 2.24) is 30.8 Å². The van der Waals surface area contributed by atoms with Crippen LogP contribution in [-0.2, 0) is 33.2 Å². The van der Waals surface area contributed by atoms with Crippen molar-refractivity contribution in [2.45, 2.75) is 198 Å². The van der Waals surface area contributed by atoms with Crippen LogP contribution in [0.3, 0.4) is 0 Å². The lowest BCUT2D eigenvalue weighted by Crippen LogP contribution is -2.54. The highest BCUT2D eigenvalue weighted by Gasteiger charge is 2.59. The first kappa shape index (κ1) is 58.6. The van der Waals surface area contributed by atoms with E-state index < -0.39 is 18.0 Å². The molecule has 2 aromatic heterocycles. The third-order valence-corrected chi connectivity index (χ3v) is 19.4. The van der Waals surface area contributed by atoms with E-state index in [9.17, 15) is 27.6 Å². The topological polar surface area (TPSA) is 143 Å². The average Bonchev–Trinajstić information content (AvgIpc) is 2.09. The monoisotopic (exact) mass is 1120 g/mol. The van der Waals surface area contributed by atoms with Crippen molar-refractivity contribution in [3.8, 4) is 0 Å². The summed E-state index contributed by atoms with van der Waals surface area (Å²) in [6, 6.07) is 31.1. The number of ether oxygens (including phenoxy) is 1. The summed E-state index contributed by atoms with van der Waals surface area (Å²) in [5.74, 6) is 3.49. The molecule has 2 aliphatic heterocycles. The zero-order valence-corrected chi connectivity index (χ0v) is 48.7. The fourth-order valence-corrected chi connectivity index (χ4v) is 17.0. The van der Waals surface area contributed by atoms with Gasteiger partial charge in [0.2, 0.25) is 6.26 Å². The third-order valence-electron chi connectivity index (χ3n) is 19.4. The smallest absolute Gasteiger partial charge is 0.444 e. The van der Waals surface area contributed by atoms with Crippen LogP contribution in [0.4, 0.5) is 18.0 Å². The summed E-state index contributed by atoms with van der Waals surface area (Å²) >= 11 is 0. The van der Waals surface area contributed by atoms with Gasteiger partial charge >= 0.3 is 12.3 Å². The molecule has 10 fully saturated rings. The van der Waals surface area contributed by atoms with Crippen LogP contribution in [0.15, 0.2) is 97.3 Å². The number of aryl methyl sites for hydroxylation is 2. The highest BCUT2D eigenvalue weighted by Crippen LogP contribution is 2.68. The quantitative estimate of drug-likeness (QED) is 0.119. The molecule has 4 atom stereocenters. The number of likely N-dealkylation sites (tertiary alicyclic amines) is 1. The van der Waals surface area contributed by atoms with E-state index in [1.165, 1.54) is 89.9 Å². The zero-order chi connectivity index (χ0) is 58.3. The summed E-state index contributed by atoms with van der Waals surface area (Å²) in [6.07, 6.45) is 20.4. The summed E-state index contributed by atoms with van der Waals surface area (Å²) in [4.78, 5) is 58.0.